The second kappa shape index (κ2) is 6.83. The first-order valence-corrected chi connectivity index (χ1v) is 8.46. The highest BCUT2D eigenvalue weighted by atomic mass is 16.6. The quantitative estimate of drug-likeness (QED) is 0.918. The molecule has 0 fully saturated rings. The molecule has 7 heteroatoms. The smallest absolute Gasteiger partial charge is 0.410 e. The zero-order chi connectivity index (χ0) is 18.1. The molecule has 0 saturated carbocycles. The van der Waals surface area contributed by atoms with Crippen LogP contribution >= 0.6 is 0 Å². The molecule has 7 nitrogen and oxygen atoms in total. The van der Waals surface area contributed by atoms with Crippen molar-refractivity contribution >= 4 is 12.0 Å². The van der Waals surface area contributed by atoms with Gasteiger partial charge >= 0.3 is 6.09 Å². The van der Waals surface area contributed by atoms with Crippen LogP contribution in [0.1, 0.15) is 62.8 Å². The van der Waals surface area contributed by atoms with E-state index < -0.39 is 5.60 Å². The number of hydrogen-bond acceptors (Lipinski definition) is 4. The Hall–Kier alpha value is -2.05. The van der Waals surface area contributed by atoms with E-state index >= 15 is 0 Å². The second-order valence-electron chi connectivity index (χ2n) is 7.33. The standard InChI is InChI=1S/C17H28N4O3/c1-7-11(2)18-15(22)14-12-10-21(16(23)24-17(3,4)5)9-8-13(12)20(6)19-14/h11H,7-10H2,1-6H3,(H,18,22). The van der Waals surface area contributed by atoms with Gasteiger partial charge in [0.25, 0.3) is 5.91 Å². The second-order valence-corrected chi connectivity index (χ2v) is 7.33. The van der Waals surface area contributed by atoms with Crippen molar-refractivity contribution in [3.8, 4) is 0 Å². The molecule has 0 spiro atoms. The van der Waals surface area contributed by atoms with Crippen molar-refractivity contribution in [1.82, 2.24) is 20.0 Å². The first kappa shape index (κ1) is 18.3. The summed E-state index contributed by atoms with van der Waals surface area (Å²) in [6, 6.07) is 0.0840. The highest BCUT2D eigenvalue weighted by Crippen LogP contribution is 2.24. The van der Waals surface area contributed by atoms with Crippen molar-refractivity contribution in [1.29, 1.82) is 0 Å². The molecule has 1 unspecified atom stereocenters. The molecule has 1 aliphatic rings. The van der Waals surface area contributed by atoms with E-state index in [4.69, 9.17) is 4.74 Å². The van der Waals surface area contributed by atoms with E-state index in [1.807, 2.05) is 41.7 Å². The van der Waals surface area contributed by atoms with Gasteiger partial charge in [0.1, 0.15) is 5.60 Å². The number of fused-ring (bicyclic) bond motifs is 1. The Bertz CT molecular complexity index is 631. The van der Waals surface area contributed by atoms with Gasteiger partial charge in [-0.1, -0.05) is 6.92 Å². The third kappa shape index (κ3) is 4.07. The first-order valence-electron chi connectivity index (χ1n) is 8.46. The minimum absolute atomic E-state index is 0.0840. The Morgan fingerprint density at radius 1 is 1.38 bits per heavy atom. The predicted molar refractivity (Wildman–Crippen MR) is 90.8 cm³/mol. The third-order valence-electron chi connectivity index (χ3n) is 4.10. The molecule has 1 aromatic rings. The summed E-state index contributed by atoms with van der Waals surface area (Å²) >= 11 is 0. The number of aromatic nitrogens is 2. The van der Waals surface area contributed by atoms with E-state index in [1.54, 1.807) is 9.58 Å². The molecular formula is C17H28N4O3. The lowest BCUT2D eigenvalue weighted by Gasteiger charge is -2.30. The van der Waals surface area contributed by atoms with Crippen LogP contribution < -0.4 is 5.32 Å². The van der Waals surface area contributed by atoms with Crippen LogP contribution in [0.2, 0.25) is 0 Å². The summed E-state index contributed by atoms with van der Waals surface area (Å²) in [5, 5.41) is 7.32. The fraction of sp³-hybridized carbons (Fsp3) is 0.706. The van der Waals surface area contributed by atoms with Crippen molar-refractivity contribution < 1.29 is 14.3 Å². The van der Waals surface area contributed by atoms with Crippen molar-refractivity contribution in [2.24, 2.45) is 7.05 Å². The van der Waals surface area contributed by atoms with Crippen LogP contribution in [0.3, 0.4) is 0 Å². The van der Waals surface area contributed by atoms with Crippen molar-refractivity contribution in [2.75, 3.05) is 6.54 Å². The Balaban J connectivity index is 2.20. The van der Waals surface area contributed by atoms with E-state index in [0.29, 0.717) is 25.2 Å². The molecule has 1 N–H and O–H groups in total. The SMILES string of the molecule is CCC(C)NC(=O)c1nn(C)c2c1CN(C(=O)OC(C)(C)C)CC2. The van der Waals surface area contributed by atoms with Crippen LogP contribution in [0.15, 0.2) is 0 Å². The predicted octanol–water partition coefficient (Wildman–Crippen LogP) is 2.24. The maximum atomic E-state index is 12.5. The van der Waals surface area contributed by atoms with Gasteiger partial charge in [-0.2, -0.15) is 5.10 Å². The molecule has 24 heavy (non-hydrogen) atoms. The molecule has 2 amide bonds. The number of rotatable bonds is 3. The number of carbonyl (C=O) groups is 2. The van der Waals surface area contributed by atoms with E-state index in [2.05, 4.69) is 10.4 Å². The Labute approximate surface area is 143 Å². The Morgan fingerprint density at radius 3 is 2.62 bits per heavy atom. The van der Waals surface area contributed by atoms with Gasteiger partial charge in [-0.25, -0.2) is 4.79 Å². The maximum absolute atomic E-state index is 12.5. The molecule has 2 heterocycles. The minimum Gasteiger partial charge on any atom is -0.444 e. The fourth-order valence-electron chi connectivity index (χ4n) is 2.65. The summed E-state index contributed by atoms with van der Waals surface area (Å²) in [5.74, 6) is -0.188. The highest BCUT2D eigenvalue weighted by molar-refractivity contribution is 5.94. The molecule has 1 atom stereocenters. The highest BCUT2D eigenvalue weighted by Gasteiger charge is 2.31. The average Bonchev–Trinajstić information content (AvgIpc) is 2.82. The maximum Gasteiger partial charge on any atom is 0.410 e. The summed E-state index contributed by atoms with van der Waals surface area (Å²) in [7, 11) is 1.84. The van der Waals surface area contributed by atoms with Crippen molar-refractivity contribution in [2.45, 2.75) is 65.6 Å². The van der Waals surface area contributed by atoms with E-state index in [-0.39, 0.29) is 18.0 Å². The van der Waals surface area contributed by atoms with E-state index in [0.717, 1.165) is 17.7 Å². The number of ether oxygens (including phenoxy) is 1. The molecule has 2 rings (SSSR count). The van der Waals surface area contributed by atoms with Gasteiger partial charge in [-0.3, -0.25) is 9.48 Å². The van der Waals surface area contributed by atoms with Gasteiger partial charge in [-0.15, -0.1) is 0 Å². The minimum atomic E-state index is -0.539. The summed E-state index contributed by atoms with van der Waals surface area (Å²) in [4.78, 5) is 26.4. The van der Waals surface area contributed by atoms with Crippen molar-refractivity contribution in [3.05, 3.63) is 17.0 Å². The zero-order valence-electron chi connectivity index (χ0n) is 15.5. The average molecular weight is 336 g/mol. The molecule has 0 aromatic carbocycles. The van der Waals surface area contributed by atoms with Gasteiger partial charge in [0.05, 0.1) is 6.54 Å². The van der Waals surface area contributed by atoms with Crippen molar-refractivity contribution in [3.63, 3.8) is 0 Å². The lowest BCUT2D eigenvalue weighted by atomic mass is 10.0. The molecule has 1 aliphatic heterocycles. The van der Waals surface area contributed by atoms with Crippen LogP contribution in [-0.2, 0) is 24.8 Å². The van der Waals surface area contributed by atoms with Crippen LogP contribution in [0, 0.1) is 0 Å². The fourth-order valence-corrected chi connectivity index (χ4v) is 2.65. The van der Waals surface area contributed by atoms with Crippen LogP contribution in [-0.4, -0.2) is 44.9 Å². The summed E-state index contributed by atoms with van der Waals surface area (Å²) in [6.45, 7) is 10.4. The lowest BCUT2D eigenvalue weighted by Crippen LogP contribution is -2.40. The Kier molecular flexibility index (Phi) is 5.20. The molecule has 134 valence electrons. The topological polar surface area (TPSA) is 76.5 Å². The number of carbonyl (C=O) groups excluding carboxylic acids is 2. The third-order valence-corrected chi connectivity index (χ3v) is 4.10. The van der Waals surface area contributed by atoms with E-state index in [9.17, 15) is 9.59 Å². The number of nitrogens with one attached hydrogen (secondary N) is 1. The number of aryl methyl sites for hydroxylation is 1. The largest absolute Gasteiger partial charge is 0.444 e. The van der Waals surface area contributed by atoms with Crippen LogP contribution in [0.25, 0.3) is 0 Å². The molecular weight excluding hydrogens is 308 g/mol. The molecule has 1 aromatic heterocycles. The lowest BCUT2D eigenvalue weighted by molar-refractivity contribution is 0.0221. The number of amides is 2. The molecule has 0 saturated heterocycles. The summed E-state index contributed by atoms with van der Waals surface area (Å²) in [5.41, 5.74) is 1.68. The monoisotopic (exact) mass is 336 g/mol. The summed E-state index contributed by atoms with van der Waals surface area (Å²) < 4.78 is 7.18. The Morgan fingerprint density at radius 2 is 2.04 bits per heavy atom. The number of nitrogens with zero attached hydrogens (tertiary/aromatic N) is 3. The normalized spacial score (nSPS) is 15.7. The van der Waals surface area contributed by atoms with Gasteiger partial charge in [0.15, 0.2) is 5.69 Å². The molecule has 0 bridgehead atoms. The van der Waals surface area contributed by atoms with Crippen LogP contribution in [0.4, 0.5) is 4.79 Å². The summed E-state index contributed by atoms with van der Waals surface area (Å²) in [6.07, 6.45) is 1.16. The van der Waals surface area contributed by atoms with Crippen LogP contribution in [0.5, 0.6) is 0 Å². The molecule has 0 aliphatic carbocycles. The van der Waals surface area contributed by atoms with Gasteiger partial charge in [0.2, 0.25) is 0 Å². The van der Waals surface area contributed by atoms with Gasteiger partial charge < -0.3 is 15.0 Å². The van der Waals surface area contributed by atoms with E-state index in [1.165, 1.54) is 0 Å². The van der Waals surface area contributed by atoms with Gasteiger partial charge in [-0.05, 0) is 34.1 Å². The first-order chi connectivity index (χ1) is 11.1. The zero-order valence-corrected chi connectivity index (χ0v) is 15.5. The molecule has 0 radical (unpaired) electrons. The van der Waals surface area contributed by atoms with Gasteiger partial charge in [0, 0.05) is 37.3 Å². The number of hydrogen-bond donors (Lipinski definition) is 1.